The minimum Gasteiger partial charge on any atom is -0.482 e. The number of carbonyl (C=O) groups excluding carboxylic acids is 3. The van der Waals surface area contributed by atoms with Crippen molar-refractivity contribution in [1.82, 2.24) is 4.90 Å². The summed E-state index contributed by atoms with van der Waals surface area (Å²) in [5, 5.41) is 2.07. The van der Waals surface area contributed by atoms with Crippen LogP contribution >= 0.6 is 23.4 Å². The van der Waals surface area contributed by atoms with Gasteiger partial charge in [-0.25, -0.2) is 8.78 Å². The van der Waals surface area contributed by atoms with Gasteiger partial charge in [0.25, 0.3) is 17.1 Å². The van der Waals surface area contributed by atoms with E-state index in [1.165, 1.54) is 54.6 Å². The number of anilines is 1. The maximum atomic E-state index is 13.9. The molecule has 0 aliphatic carbocycles. The van der Waals surface area contributed by atoms with Gasteiger partial charge in [-0.2, -0.15) is 0 Å². The molecule has 1 aliphatic rings. The fourth-order valence-electron chi connectivity index (χ4n) is 3.20. The van der Waals surface area contributed by atoms with E-state index in [4.69, 9.17) is 16.3 Å². The Morgan fingerprint density at radius 1 is 1.03 bits per heavy atom. The molecule has 1 heterocycles. The molecule has 178 valence electrons. The molecule has 4 rings (SSSR count). The summed E-state index contributed by atoms with van der Waals surface area (Å²) in [7, 11) is 0. The van der Waals surface area contributed by atoms with E-state index >= 15 is 0 Å². The zero-order chi connectivity index (χ0) is 24.9. The van der Waals surface area contributed by atoms with E-state index in [-0.39, 0.29) is 33.5 Å². The summed E-state index contributed by atoms with van der Waals surface area (Å²) in [5.41, 5.74) is 0.792. The molecule has 1 fully saturated rings. The molecule has 1 aliphatic heterocycles. The van der Waals surface area contributed by atoms with Crippen molar-refractivity contribution in [1.29, 1.82) is 0 Å². The number of imide groups is 1. The largest absolute Gasteiger partial charge is 0.482 e. The third-order valence-corrected chi connectivity index (χ3v) is 6.12. The van der Waals surface area contributed by atoms with E-state index in [0.717, 1.165) is 16.7 Å². The Labute approximate surface area is 208 Å². The lowest BCUT2D eigenvalue weighted by Crippen LogP contribution is -2.27. The number of nitrogens with zero attached hydrogens (tertiary/aromatic N) is 1. The Morgan fingerprint density at radius 2 is 1.74 bits per heavy atom. The van der Waals surface area contributed by atoms with Gasteiger partial charge in [-0.05, 0) is 53.7 Å². The predicted octanol–water partition coefficient (Wildman–Crippen LogP) is 5.87. The van der Waals surface area contributed by atoms with Crippen LogP contribution in [0.3, 0.4) is 0 Å². The van der Waals surface area contributed by atoms with Crippen LogP contribution in [0.4, 0.5) is 19.3 Å². The van der Waals surface area contributed by atoms with Gasteiger partial charge in [0, 0.05) is 5.56 Å². The van der Waals surface area contributed by atoms with Crippen molar-refractivity contribution in [2.45, 2.75) is 6.54 Å². The smallest absolute Gasteiger partial charge is 0.293 e. The molecule has 1 saturated heterocycles. The minimum absolute atomic E-state index is 0.0338. The molecule has 3 amide bonds. The van der Waals surface area contributed by atoms with Crippen molar-refractivity contribution in [3.63, 3.8) is 0 Å². The van der Waals surface area contributed by atoms with E-state index in [9.17, 15) is 23.2 Å². The number of thioether (sulfide) groups is 1. The topological polar surface area (TPSA) is 75.7 Å². The monoisotopic (exact) mass is 514 g/mol. The van der Waals surface area contributed by atoms with Crippen LogP contribution in [-0.4, -0.2) is 28.6 Å². The number of hydrogen-bond acceptors (Lipinski definition) is 5. The van der Waals surface area contributed by atoms with Crippen molar-refractivity contribution >= 4 is 52.2 Å². The number of ether oxygens (including phenoxy) is 1. The fourth-order valence-corrected chi connectivity index (χ4v) is 4.28. The first-order valence-corrected chi connectivity index (χ1v) is 11.5. The number of halogens is 3. The molecule has 10 heteroatoms. The highest BCUT2D eigenvalue weighted by Crippen LogP contribution is 2.35. The van der Waals surface area contributed by atoms with Crippen LogP contribution in [-0.2, 0) is 16.1 Å². The lowest BCUT2D eigenvalue weighted by molar-refractivity contribution is -0.123. The van der Waals surface area contributed by atoms with Crippen LogP contribution < -0.4 is 10.1 Å². The second kappa shape index (κ2) is 10.7. The van der Waals surface area contributed by atoms with E-state index < -0.39 is 35.3 Å². The number of nitrogens with one attached hydrogen (secondary N) is 1. The minimum atomic E-state index is -0.571. The third kappa shape index (κ3) is 5.87. The van der Waals surface area contributed by atoms with Gasteiger partial charge in [-0.1, -0.05) is 48.0 Å². The van der Waals surface area contributed by atoms with Gasteiger partial charge >= 0.3 is 0 Å². The zero-order valence-electron chi connectivity index (χ0n) is 18.0. The molecule has 0 saturated carbocycles. The second-order valence-corrected chi connectivity index (χ2v) is 8.77. The molecule has 0 bridgehead atoms. The van der Waals surface area contributed by atoms with E-state index in [0.29, 0.717) is 5.56 Å². The number of carbonyl (C=O) groups is 3. The van der Waals surface area contributed by atoms with Gasteiger partial charge in [-0.3, -0.25) is 19.3 Å². The molecule has 0 atom stereocenters. The summed E-state index contributed by atoms with van der Waals surface area (Å²) in [4.78, 5) is 38.2. The molecule has 0 radical (unpaired) electrons. The molecule has 3 aromatic carbocycles. The highest BCUT2D eigenvalue weighted by atomic mass is 35.5. The first kappa shape index (κ1) is 24.4. The summed E-state index contributed by atoms with van der Waals surface area (Å²) >= 11 is 6.99. The highest BCUT2D eigenvalue weighted by molar-refractivity contribution is 8.18. The van der Waals surface area contributed by atoms with Crippen molar-refractivity contribution in [3.8, 4) is 5.75 Å². The maximum Gasteiger partial charge on any atom is 0.293 e. The lowest BCUT2D eigenvalue weighted by atomic mass is 10.2. The van der Waals surface area contributed by atoms with Gasteiger partial charge in [0.2, 0.25) is 0 Å². The summed E-state index contributed by atoms with van der Waals surface area (Å²) in [6, 6.07) is 16.3. The van der Waals surface area contributed by atoms with Crippen LogP contribution in [0.5, 0.6) is 5.75 Å². The van der Waals surface area contributed by atoms with Crippen LogP contribution in [0.2, 0.25) is 5.02 Å². The summed E-state index contributed by atoms with van der Waals surface area (Å²) in [6.07, 6.45) is 1.49. The maximum absolute atomic E-state index is 13.9. The summed E-state index contributed by atoms with van der Waals surface area (Å²) < 4.78 is 33.0. The first-order valence-electron chi connectivity index (χ1n) is 10.3. The Bertz CT molecular complexity index is 1350. The van der Waals surface area contributed by atoms with Crippen molar-refractivity contribution in [2.24, 2.45) is 0 Å². The third-order valence-electron chi connectivity index (χ3n) is 4.92. The average molecular weight is 515 g/mol. The standard InChI is InChI=1S/C25H17ClF2N2O4S/c26-17-11-15(9-10-21(17)34-14-23(31)29-20-8-4-3-7-19(20)28)12-22-24(32)30(25(33)35-22)13-16-5-1-2-6-18(16)27/h1-12H,13-14H2,(H,29,31)/b22-12-. The van der Waals surface area contributed by atoms with Crippen molar-refractivity contribution in [2.75, 3.05) is 11.9 Å². The van der Waals surface area contributed by atoms with Gasteiger partial charge < -0.3 is 10.1 Å². The van der Waals surface area contributed by atoms with Crippen LogP contribution in [0.1, 0.15) is 11.1 Å². The Balaban J connectivity index is 1.40. The van der Waals surface area contributed by atoms with Crippen LogP contribution in [0.25, 0.3) is 6.08 Å². The Hall–Kier alpha value is -3.69. The predicted molar refractivity (Wildman–Crippen MR) is 130 cm³/mol. The van der Waals surface area contributed by atoms with Gasteiger partial charge in [0.05, 0.1) is 22.2 Å². The lowest BCUT2D eigenvalue weighted by Gasteiger charge is -2.12. The van der Waals surface area contributed by atoms with E-state index in [2.05, 4.69) is 5.32 Å². The molecule has 0 aromatic heterocycles. The van der Waals surface area contributed by atoms with E-state index in [1.807, 2.05) is 0 Å². The number of rotatable bonds is 7. The molecule has 6 nitrogen and oxygen atoms in total. The Kier molecular flexibility index (Phi) is 7.48. The summed E-state index contributed by atoms with van der Waals surface area (Å²) in [6.45, 7) is -0.570. The first-order chi connectivity index (χ1) is 16.8. The van der Waals surface area contributed by atoms with E-state index in [1.54, 1.807) is 18.2 Å². The van der Waals surface area contributed by atoms with Gasteiger partial charge in [-0.15, -0.1) is 0 Å². The van der Waals surface area contributed by atoms with Crippen molar-refractivity contribution in [3.05, 3.63) is 99.4 Å². The number of hydrogen-bond donors (Lipinski definition) is 1. The molecule has 1 N–H and O–H groups in total. The molecule has 0 spiro atoms. The molecular formula is C25H17ClF2N2O4S. The van der Waals surface area contributed by atoms with Gasteiger partial charge in [0.15, 0.2) is 6.61 Å². The van der Waals surface area contributed by atoms with Crippen molar-refractivity contribution < 1.29 is 27.9 Å². The quantitative estimate of drug-likeness (QED) is 0.399. The average Bonchev–Trinajstić information content (AvgIpc) is 3.08. The number of benzene rings is 3. The van der Waals surface area contributed by atoms with Gasteiger partial charge in [0.1, 0.15) is 17.4 Å². The fraction of sp³-hybridized carbons (Fsp3) is 0.0800. The van der Waals surface area contributed by atoms with Crippen LogP contribution in [0.15, 0.2) is 71.6 Å². The molecular weight excluding hydrogens is 498 g/mol. The highest BCUT2D eigenvalue weighted by Gasteiger charge is 2.35. The normalized spacial score (nSPS) is 14.5. The number of amides is 3. The summed E-state index contributed by atoms with van der Waals surface area (Å²) in [5.74, 6) is -1.97. The molecule has 35 heavy (non-hydrogen) atoms. The Morgan fingerprint density at radius 3 is 2.46 bits per heavy atom. The number of para-hydroxylation sites is 1. The zero-order valence-corrected chi connectivity index (χ0v) is 19.5. The SMILES string of the molecule is O=C(COc1ccc(/C=C2\SC(=O)N(Cc3ccccc3F)C2=O)cc1Cl)Nc1ccccc1F. The molecule has 3 aromatic rings. The second-order valence-electron chi connectivity index (χ2n) is 7.37. The molecule has 0 unspecified atom stereocenters. The van der Waals surface area contributed by atoms with Crippen LogP contribution in [0, 0.1) is 11.6 Å².